The van der Waals surface area contributed by atoms with Crippen molar-refractivity contribution in [3.8, 4) is 11.5 Å². The molecule has 2 aromatic carbocycles. The number of hydrogen-bond donors (Lipinski definition) is 3. The summed E-state index contributed by atoms with van der Waals surface area (Å²) in [4.78, 5) is 18.7. The maximum atomic E-state index is 10.7. The van der Waals surface area contributed by atoms with Crippen LogP contribution in [0.4, 0.5) is 0 Å². The molecule has 0 saturated heterocycles. The Morgan fingerprint density at radius 1 is 0.784 bits per heavy atom. The molecule has 0 aromatic heterocycles. The van der Waals surface area contributed by atoms with Crippen LogP contribution in [0.25, 0.3) is 0 Å². The summed E-state index contributed by atoms with van der Waals surface area (Å²) >= 11 is 0. The van der Waals surface area contributed by atoms with Gasteiger partial charge in [-0.1, -0.05) is 78.6 Å². The minimum atomic E-state index is -0.833. The van der Waals surface area contributed by atoms with Crippen molar-refractivity contribution in [2.24, 2.45) is 9.98 Å². The summed E-state index contributed by atoms with van der Waals surface area (Å²) in [6.45, 7) is 13.7. The summed E-state index contributed by atoms with van der Waals surface area (Å²) in [5.41, 5.74) is 3.09. The largest absolute Gasteiger partial charge is 0.507 e. The number of carboxylic acids is 1. The van der Waals surface area contributed by atoms with Gasteiger partial charge in [-0.15, -0.1) is 0 Å². The summed E-state index contributed by atoms with van der Waals surface area (Å²) < 4.78 is 0. The molecule has 1 fully saturated rings. The summed E-state index contributed by atoms with van der Waals surface area (Å²) in [6, 6.07) is 11.9. The van der Waals surface area contributed by atoms with E-state index in [0.29, 0.717) is 11.5 Å². The van der Waals surface area contributed by atoms with Crippen molar-refractivity contribution in [1.82, 2.24) is 0 Å². The average molecular weight is 554 g/mol. The Bertz CT molecular complexity index is 1010. The Morgan fingerprint density at radius 3 is 1.41 bits per heavy atom. The van der Waals surface area contributed by atoms with E-state index in [4.69, 9.17) is 19.9 Å². The van der Waals surface area contributed by atoms with Gasteiger partial charge in [0, 0.05) is 47.3 Å². The molecule has 1 saturated carbocycles. The molecular formula is C30H42CoN2O4. The molecule has 0 unspecified atom stereocenters. The second kappa shape index (κ2) is 13.8. The second-order valence-electron chi connectivity index (χ2n) is 11.5. The number of phenols is 2. The Kier molecular flexibility index (Phi) is 12.1. The van der Waals surface area contributed by atoms with Gasteiger partial charge in [0.2, 0.25) is 0 Å². The van der Waals surface area contributed by atoms with Gasteiger partial charge in [-0.05, 0) is 46.9 Å². The van der Waals surface area contributed by atoms with Crippen LogP contribution < -0.4 is 0 Å². The Labute approximate surface area is 232 Å². The topological polar surface area (TPSA) is 102 Å². The minimum Gasteiger partial charge on any atom is -0.507 e. The van der Waals surface area contributed by atoms with E-state index in [1.54, 1.807) is 12.4 Å². The van der Waals surface area contributed by atoms with Crippen molar-refractivity contribution >= 4 is 18.4 Å². The number of aromatic hydroxyl groups is 2. The smallest absolute Gasteiger partial charge is 0.300 e. The zero-order valence-electron chi connectivity index (χ0n) is 23.1. The van der Waals surface area contributed by atoms with E-state index >= 15 is 0 Å². The Balaban J connectivity index is 0.00000127. The number of carboxylic acid groups (broad SMARTS) is 1. The fourth-order valence-electron chi connectivity index (χ4n) is 4.33. The van der Waals surface area contributed by atoms with E-state index in [1.807, 2.05) is 36.4 Å². The predicted octanol–water partition coefficient (Wildman–Crippen LogP) is 6.63. The van der Waals surface area contributed by atoms with Crippen LogP contribution in [-0.4, -0.2) is 45.8 Å². The SMILES string of the molecule is CC(=O)O.CC(C)(C)c1cccc(C=N[C@@H]2CCCC[C@H]2N=Cc2cccc(C(C)(C)C)c2O)c1O.[Co]. The second-order valence-corrected chi connectivity index (χ2v) is 11.5. The third-order valence-electron chi connectivity index (χ3n) is 6.25. The molecule has 3 rings (SSSR count). The Hall–Kier alpha value is -2.64. The van der Waals surface area contributed by atoms with Crippen LogP contribution in [0.1, 0.15) is 96.4 Å². The van der Waals surface area contributed by atoms with Gasteiger partial charge < -0.3 is 15.3 Å². The van der Waals surface area contributed by atoms with Crippen molar-refractivity contribution in [3.63, 3.8) is 0 Å². The van der Waals surface area contributed by atoms with Crippen molar-refractivity contribution < 1.29 is 36.9 Å². The first-order valence-electron chi connectivity index (χ1n) is 12.6. The number of aliphatic carboxylic acids is 1. The first-order chi connectivity index (χ1) is 16.7. The predicted molar refractivity (Wildman–Crippen MR) is 148 cm³/mol. The van der Waals surface area contributed by atoms with E-state index in [0.717, 1.165) is 54.9 Å². The molecule has 6 nitrogen and oxygen atoms in total. The first kappa shape index (κ1) is 32.4. The fourth-order valence-corrected chi connectivity index (χ4v) is 4.33. The fraction of sp³-hybridized carbons (Fsp3) is 0.500. The zero-order chi connectivity index (χ0) is 27.1. The first-order valence-corrected chi connectivity index (χ1v) is 12.6. The van der Waals surface area contributed by atoms with Gasteiger partial charge in [-0.3, -0.25) is 14.8 Å². The van der Waals surface area contributed by atoms with Crippen LogP contribution >= 0.6 is 0 Å². The standard InChI is InChI=1S/C28H38N2O2.C2H4O2.Co/c1-27(2,3)21-13-9-11-19(25(21)31)17-29-23-15-7-8-16-24(23)30-18-20-12-10-14-22(26(20)32)28(4,5)6;1-2(3)4;/h9-14,17-18,23-24,31-32H,7-8,15-16H2,1-6H3;1H3,(H,3,4);/t23-,24-;;/m1../s1. The maximum absolute atomic E-state index is 10.7. The van der Waals surface area contributed by atoms with E-state index in [1.165, 1.54) is 0 Å². The normalized spacial score (nSPS) is 18.2. The van der Waals surface area contributed by atoms with Gasteiger partial charge in [0.25, 0.3) is 5.97 Å². The number of phenolic OH excluding ortho intramolecular Hbond substituents is 2. The van der Waals surface area contributed by atoms with Crippen LogP contribution in [0.2, 0.25) is 0 Å². The van der Waals surface area contributed by atoms with Crippen LogP contribution in [0.5, 0.6) is 11.5 Å². The molecule has 1 radical (unpaired) electrons. The number of aliphatic imine (C=N–C) groups is 2. The molecule has 0 bridgehead atoms. The molecule has 1 aliphatic carbocycles. The number of para-hydroxylation sites is 2. The molecule has 0 aliphatic heterocycles. The van der Waals surface area contributed by atoms with Gasteiger partial charge in [-0.2, -0.15) is 0 Å². The van der Waals surface area contributed by atoms with Crippen LogP contribution in [0.15, 0.2) is 46.4 Å². The molecule has 2 aromatic rings. The van der Waals surface area contributed by atoms with Crippen LogP contribution in [-0.2, 0) is 32.4 Å². The summed E-state index contributed by atoms with van der Waals surface area (Å²) in [7, 11) is 0. The van der Waals surface area contributed by atoms with Crippen molar-refractivity contribution in [2.75, 3.05) is 0 Å². The van der Waals surface area contributed by atoms with Crippen molar-refractivity contribution in [1.29, 1.82) is 0 Å². The molecule has 37 heavy (non-hydrogen) atoms. The minimum absolute atomic E-state index is 0. The number of rotatable bonds is 4. The van der Waals surface area contributed by atoms with E-state index < -0.39 is 5.97 Å². The maximum Gasteiger partial charge on any atom is 0.300 e. The molecule has 3 N–H and O–H groups in total. The summed E-state index contributed by atoms with van der Waals surface area (Å²) in [6.07, 6.45) is 7.83. The number of carbonyl (C=O) groups is 1. The Morgan fingerprint density at radius 2 is 1.11 bits per heavy atom. The van der Waals surface area contributed by atoms with Gasteiger partial charge in [-0.25, -0.2) is 0 Å². The van der Waals surface area contributed by atoms with Crippen LogP contribution in [0.3, 0.4) is 0 Å². The van der Waals surface area contributed by atoms with Crippen LogP contribution in [0, 0.1) is 0 Å². The van der Waals surface area contributed by atoms with E-state index in [-0.39, 0.29) is 39.7 Å². The molecule has 2 atom stereocenters. The molecule has 0 amide bonds. The number of nitrogens with zero attached hydrogens (tertiary/aromatic N) is 2. The quantitative estimate of drug-likeness (QED) is 0.370. The molecular weight excluding hydrogens is 511 g/mol. The summed E-state index contributed by atoms with van der Waals surface area (Å²) in [5, 5.41) is 28.9. The number of hydrogen-bond acceptors (Lipinski definition) is 5. The third-order valence-corrected chi connectivity index (χ3v) is 6.25. The molecule has 0 heterocycles. The molecule has 1 aliphatic rings. The monoisotopic (exact) mass is 553 g/mol. The van der Waals surface area contributed by atoms with Gasteiger partial charge >= 0.3 is 0 Å². The zero-order valence-corrected chi connectivity index (χ0v) is 24.1. The van der Waals surface area contributed by atoms with Gasteiger partial charge in [0.1, 0.15) is 11.5 Å². The molecule has 7 heteroatoms. The van der Waals surface area contributed by atoms with Crippen molar-refractivity contribution in [2.45, 2.75) is 97.1 Å². The molecule has 0 spiro atoms. The van der Waals surface area contributed by atoms with E-state index in [9.17, 15) is 10.2 Å². The van der Waals surface area contributed by atoms with E-state index in [2.05, 4.69) is 41.5 Å². The third kappa shape index (κ3) is 9.63. The van der Waals surface area contributed by atoms with Gasteiger partial charge in [0.05, 0.1) is 12.1 Å². The number of benzene rings is 2. The summed E-state index contributed by atoms with van der Waals surface area (Å²) in [5.74, 6) is -0.216. The molecule has 205 valence electrons. The average Bonchev–Trinajstić information content (AvgIpc) is 2.76. The van der Waals surface area contributed by atoms with Gasteiger partial charge in [0.15, 0.2) is 0 Å². The van der Waals surface area contributed by atoms with Crippen molar-refractivity contribution in [3.05, 3.63) is 58.7 Å².